The summed E-state index contributed by atoms with van der Waals surface area (Å²) in [6.45, 7) is 4.67. The molecule has 1 saturated heterocycles. The maximum Gasteiger partial charge on any atom is 0.408 e. The van der Waals surface area contributed by atoms with E-state index in [1.807, 2.05) is 17.2 Å². The number of nitrogens with zero attached hydrogens (tertiary/aromatic N) is 5. The molecule has 1 N–H and O–H groups in total. The summed E-state index contributed by atoms with van der Waals surface area (Å²) in [5.74, 6) is 0.00800. The van der Waals surface area contributed by atoms with Crippen LogP contribution in [0, 0.1) is 5.82 Å². The minimum Gasteiger partial charge on any atom is -0.444 e. The van der Waals surface area contributed by atoms with Gasteiger partial charge in [-0.25, -0.2) is 18.9 Å². The number of carbonyl (C=O) groups excluding carboxylic acids is 3. The molecule has 15 heteroatoms. The van der Waals surface area contributed by atoms with Crippen molar-refractivity contribution in [2.24, 2.45) is 4.99 Å². The SMILES string of the molecule is CC(C)(C)OC(=O)N[C@]1(C)CC2=C(c3ccn(C(F)F)n3)[C@H](c3ccc(F)cc3Cl)N=C(c3nccs3)N2C1.O=C=O. The highest BCUT2D eigenvalue weighted by Gasteiger charge is 2.47. The quantitative estimate of drug-likeness (QED) is 0.379. The molecular formula is C27H26ClF3N6O4S. The second-order valence-electron chi connectivity index (χ2n) is 10.7. The van der Waals surface area contributed by atoms with Gasteiger partial charge in [-0.3, -0.25) is 4.99 Å². The number of ether oxygens (including phenoxy) is 1. The summed E-state index contributed by atoms with van der Waals surface area (Å²) < 4.78 is 47.1. The molecular weight excluding hydrogens is 597 g/mol. The summed E-state index contributed by atoms with van der Waals surface area (Å²) >= 11 is 7.87. The summed E-state index contributed by atoms with van der Waals surface area (Å²) in [5, 5.41) is 9.67. The van der Waals surface area contributed by atoms with Crippen molar-refractivity contribution in [1.82, 2.24) is 25.0 Å². The first-order valence-corrected chi connectivity index (χ1v) is 13.8. The fourth-order valence-corrected chi connectivity index (χ4v) is 5.70. The Labute approximate surface area is 247 Å². The van der Waals surface area contributed by atoms with Gasteiger partial charge in [0.05, 0.1) is 11.2 Å². The van der Waals surface area contributed by atoms with Gasteiger partial charge in [-0.1, -0.05) is 17.7 Å². The van der Waals surface area contributed by atoms with Crippen LogP contribution in [0.3, 0.4) is 0 Å². The second kappa shape index (κ2) is 12.1. The van der Waals surface area contributed by atoms with Crippen LogP contribution in [0.2, 0.25) is 5.02 Å². The van der Waals surface area contributed by atoms with E-state index < -0.39 is 35.6 Å². The van der Waals surface area contributed by atoms with Crippen molar-refractivity contribution in [3.63, 3.8) is 0 Å². The number of benzene rings is 1. The molecule has 1 aromatic carbocycles. The van der Waals surface area contributed by atoms with Crippen molar-refractivity contribution in [2.75, 3.05) is 6.54 Å². The fraction of sp³-hybridized carbons (Fsp3) is 0.370. The summed E-state index contributed by atoms with van der Waals surface area (Å²) in [4.78, 5) is 40.4. The zero-order chi connectivity index (χ0) is 30.8. The van der Waals surface area contributed by atoms with E-state index in [9.17, 15) is 18.0 Å². The second-order valence-corrected chi connectivity index (χ2v) is 12.0. The van der Waals surface area contributed by atoms with Crippen LogP contribution in [-0.4, -0.2) is 55.4 Å². The van der Waals surface area contributed by atoms with Gasteiger partial charge in [0, 0.05) is 52.6 Å². The van der Waals surface area contributed by atoms with Gasteiger partial charge in [-0.05, 0) is 45.9 Å². The van der Waals surface area contributed by atoms with Crippen molar-refractivity contribution < 1.29 is 32.3 Å². The van der Waals surface area contributed by atoms with Crippen LogP contribution in [-0.2, 0) is 14.3 Å². The minimum absolute atomic E-state index is 0.134. The minimum atomic E-state index is -2.84. The number of aliphatic imine (C=N–C) groups is 1. The number of rotatable bonds is 5. The van der Waals surface area contributed by atoms with Gasteiger partial charge < -0.3 is 15.0 Å². The molecule has 2 aliphatic heterocycles. The molecule has 1 amide bonds. The number of hydrogen-bond acceptors (Lipinski definition) is 9. The Morgan fingerprint density at radius 3 is 2.57 bits per heavy atom. The maximum absolute atomic E-state index is 14.0. The Bertz CT molecular complexity index is 1560. The van der Waals surface area contributed by atoms with Crippen LogP contribution in [0.5, 0.6) is 0 Å². The molecule has 42 heavy (non-hydrogen) atoms. The predicted molar refractivity (Wildman–Crippen MR) is 147 cm³/mol. The van der Waals surface area contributed by atoms with Crippen molar-refractivity contribution >= 4 is 46.6 Å². The van der Waals surface area contributed by atoms with Gasteiger partial charge >= 0.3 is 18.8 Å². The number of thiazole rings is 1. The number of amidine groups is 1. The van der Waals surface area contributed by atoms with E-state index in [1.165, 1.54) is 41.8 Å². The zero-order valence-corrected chi connectivity index (χ0v) is 24.5. The van der Waals surface area contributed by atoms with E-state index in [0.717, 1.165) is 0 Å². The van der Waals surface area contributed by atoms with Crippen molar-refractivity contribution in [3.05, 3.63) is 74.8 Å². The summed E-state index contributed by atoms with van der Waals surface area (Å²) in [7, 11) is 0. The highest BCUT2D eigenvalue weighted by molar-refractivity contribution is 7.11. The number of hydrogen-bond donors (Lipinski definition) is 1. The molecule has 3 aromatic rings. The third-order valence-electron chi connectivity index (χ3n) is 6.25. The molecule has 4 heterocycles. The Hall–Kier alpha value is -4.00. The van der Waals surface area contributed by atoms with Gasteiger partial charge in [0.1, 0.15) is 17.5 Å². The number of amides is 1. The lowest BCUT2D eigenvalue weighted by atomic mass is 9.90. The topological polar surface area (TPSA) is 119 Å². The number of alkyl halides is 2. The molecule has 0 unspecified atom stereocenters. The average molecular weight is 623 g/mol. The molecule has 0 saturated carbocycles. The molecule has 1 fully saturated rings. The van der Waals surface area contributed by atoms with E-state index in [1.54, 1.807) is 27.0 Å². The molecule has 2 aliphatic rings. The number of fused-ring (bicyclic) bond motifs is 1. The third-order valence-corrected chi connectivity index (χ3v) is 7.35. The Balaban J connectivity index is 0.00000129. The highest BCUT2D eigenvalue weighted by atomic mass is 35.5. The van der Waals surface area contributed by atoms with Crippen LogP contribution in [0.1, 0.15) is 63.0 Å². The predicted octanol–water partition coefficient (Wildman–Crippen LogP) is 5.85. The summed E-state index contributed by atoms with van der Waals surface area (Å²) in [5.41, 5.74) is 0.472. The van der Waals surface area contributed by atoms with Crippen LogP contribution in [0.4, 0.5) is 18.0 Å². The van der Waals surface area contributed by atoms with Gasteiger partial charge in [0.25, 0.3) is 0 Å². The Morgan fingerprint density at radius 2 is 2.00 bits per heavy atom. The lowest BCUT2D eigenvalue weighted by Crippen LogP contribution is -2.50. The number of carbonyl (C=O) groups is 1. The van der Waals surface area contributed by atoms with E-state index in [4.69, 9.17) is 30.9 Å². The zero-order valence-electron chi connectivity index (χ0n) is 22.9. The molecule has 5 rings (SSSR count). The number of alkyl carbamates (subject to hydrolysis) is 1. The van der Waals surface area contributed by atoms with E-state index in [-0.39, 0.29) is 16.9 Å². The van der Waals surface area contributed by atoms with E-state index >= 15 is 0 Å². The first-order chi connectivity index (χ1) is 19.7. The maximum atomic E-state index is 14.0. The Kier molecular flexibility index (Phi) is 8.90. The van der Waals surface area contributed by atoms with Crippen molar-refractivity contribution in [1.29, 1.82) is 0 Å². The average Bonchev–Trinajstić information content (AvgIpc) is 3.62. The van der Waals surface area contributed by atoms with Crippen molar-refractivity contribution in [3.8, 4) is 0 Å². The molecule has 0 radical (unpaired) electrons. The van der Waals surface area contributed by atoms with Gasteiger partial charge in [-0.2, -0.15) is 23.5 Å². The molecule has 0 bridgehead atoms. The number of halogens is 4. The smallest absolute Gasteiger partial charge is 0.408 e. The lowest BCUT2D eigenvalue weighted by Gasteiger charge is -2.32. The molecule has 10 nitrogen and oxygen atoms in total. The number of nitrogens with one attached hydrogen (secondary N) is 1. The van der Waals surface area contributed by atoms with Gasteiger partial charge in [-0.15, -0.1) is 11.3 Å². The normalized spacial score (nSPS) is 20.0. The summed E-state index contributed by atoms with van der Waals surface area (Å²) in [6, 6.07) is 4.67. The van der Waals surface area contributed by atoms with Crippen LogP contribution < -0.4 is 5.32 Å². The lowest BCUT2D eigenvalue weighted by molar-refractivity contribution is -0.191. The van der Waals surface area contributed by atoms with Crippen LogP contribution in [0.15, 0.2) is 52.7 Å². The fourth-order valence-electron chi connectivity index (χ4n) is 4.79. The van der Waals surface area contributed by atoms with E-state index in [2.05, 4.69) is 15.4 Å². The summed E-state index contributed by atoms with van der Waals surface area (Å²) in [6.07, 6.45) is 2.82. The third kappa shape index (κ3) is 6.72. The van der Waals surface area contributed by atoms with Gasteiger partial charge in [0.2, 0.25) is 0 Å². The first-order valence-electron chi connectivity index (χ1n) is 12.5. The van der Waals surface area contributed by atoms with Crippen LogP contribution in [0.25, 0.3) is 5.57 Å². The largest absolute Gasteiger partial charge is 0.444 e. The Morgan fingerprint density at radius 1 is 1.29 bits per heavy atom. The highest BCUT2D eigenvalue weighted by Crippen LogP contribution is 2.48. The standard InChI is InChI=1S/C26H26ClF3N6O2S.CO2/c1-25(2,3)38-24(37)33-26(4)12-18-19(17-7-9-36(34-17)23(29)30)20(15-6-5-14(28)11-16(15)27)32-21(35(18)13-26)22-31-8-10-39-22;2-1-3/h5-11,20,23H,12-13H2,1-4H3,(H,33,37);/t20-,26+;/m0./s1. The molecule has 0 aliphatic carbocycles. The van der Waals surface area contributed by atoms with Gasteiger partial charge in [0.15, 0.2) is 10.8 Å². The molecule has 222 valence electrons. The van der Waals surface area contributed by atoms with Crippen LogP contribution >= 0.6 is 22.9 Å². The molecule has 2 aromatic heterocycles. The van der Waals surface area contributed by atoms with Crippen molar-refractivity contribution in [2.45, 2.75) is 57.8 Å². The molecule has 0 spiro atoms. The number of aromatic nitrogens is 3. The first kappa shape index (κ1) is 30.9. The monoisotopic (exact) mass is 622 g/mol. The van der Waals surface area contributed by atoms with E-state index in [0.29, 0.717) is 45.3 Å². The molecule has 2 atom stereocenters.